The van der Waals surface area contributed by atoms with Gasteiger partial charge in [0.2, 0.25) is 0 Å². The maximum absolute atomic E-state index is 13.1. The van der Waals surface area contributed by atoms with Crippen molar-refractivity contribution in [2.45, 2.75) is 12.6 Å². The van der Waals surface area contributed by atoms with Gasteiger partial charge >= 0.3 is 6.18 Å². The fraction of sp³-hybridized carbons (Fsp3) is 0.300. The van der Waals surface area contributed by atoms with Crippen LogP contribution in [0.1, 0.15) is 16.8 Å². The summed E-state index contributed by atoms with van der Waals surface area (Å²) in [5.41, 5.74) is -0.261. The van der Waals surface area contributed by atoms with E-state index in [1.54, 1.807) is 0 Å². The third kappa shape index (κ3) is 4.01. The van der Waals surface area contributed by atoms with Gasteiger partial charge in [-0.15, -0.1) is 0 Å². The van der Waals surface area contributed by atoms with Gasteiger partial charge in [0.15, 0.2) is 17.4 Å². The molecule has 0 unspecified atom stereocenters. The van der Waals surface area contributed by atoms with Gasteiger partial charge in [-0.25, -0.2) is 8.78 Å². The quantitative estimate of drug-likeness (QED) is 0.609. The number of halogens is 5. The average Bonchev–Trinajstić information content (AvgIpc) is 2.20. The molecule has 0 saturated carbocycles. The van der Waals surface area contributed by atoms with E-state index in [4.69, 9.17) is 0 Å². The van der Waals surface area contributed by atoms with Gasteiger partial charge in [0, 0.05) is 5.56 Å². The second-order valence-electron chi connectivity index (χ2n) is 3.15. The Morgan fingerprint density at radius 1 is 1.18 bits per heavy atom. The van der Waals surface area contributed by atoms with Crippen molar-refractivity contribution in [1.82, 2.24) is 0 Å². The fourth-order valence-corrected chi connectivity index (χ4v) is 1.05. The summed E-state index contributed by atoms with van der Waals surface area (Å²) in [6.45, 7) is -0.891. The van der Waals surface area contributed by atoms with Crippen LogP contribution in [0.25, 0.3) is 0 Å². The molecule has 0 amide bonds. The van der Waals surface area contributed by atoms with Crippen molar-refractivity contribution in [2.24, 2.45) is 0 Å². The van der Waals surface area contributed by atoms with Crippen LogP contribution in [0.4, 0.5) is 22.0 Å². The molecule has 1 rings (SSSR count). The minimum Gasteiger partial charge on any atom is -0.487 e. The molecule has 1 aromatic rings. The summed E-state index contributed by atoms with van der Waals surface area (Å²) < 4.78 is 65.9. The molecular weight excluding hydrogens is 247 g/mol. The Hall–Kier alpha value is -1.66. The molecule has 0 fully saturated rings. The van der Waals surface area contributed by atoms with Gasteiger partial charge < -0.3 is 4.74 Å². The SMILES string of the molecule is O=Cc1cc(F)c(OCCC(F)(F)F)c(F)c1. The summed E-state index contributed by atoms with van der Waals surface area (Å²) in [7, 11) is 0. The van der Waals surface area contributed by atoms with Gasteiger partial charge in [-0.2, -0.15) is 13.2 Å². The third-order valence-corrected chi connectivity index (χ3v) is 1.79. The standard InChI is InChI=1S/C10H7F5O2/c11-7-3-6(5-16)4-8(12)9(7)17-2-1-10(13,14)15/h3-5H,1-2H2. The number of ether oxygens (including phenoxy) is 1. The van der Waals surface area contributed by atoms with Crippen LogP contribution in [0, 0.1) is 11.6 Å². The second kappa shape index (κ2) is 5.11. The largest absolute Gasteiger partial charge is 0.487 e. The first-order valence-corrected chi connectivity index (χ1v) is 4.47. The molecule has 94 valence electrons. The highest BCUT2D eigenvalue weighted by atomic mass is 19.4. The van der Waals surface area contributed by atoms with Gasteiger partial charge in [0.25, 0.3) is 0 Å². The lowest BCUT2D eigenvalue weighted by molar-refractivity contribution is -0.139. The maximum Gasteiger partial charge on any atom is 0.392 e. The van der Waals surface area contributed by atoms with E-state index in [9.17, 15) is 26.7 Å². The maximum atomic E-state index is 13.1. The molecule has 0 saturated heterocycles. The third-order valence-electron chi connectivity index (χ3n) is 1.79. The van der Waals surface area contributed by atoms with Crippen molar-refractivity contribution in [3.05, 3.63) is 29.3 Å². The number of aldehydes is 1. The highest BCUT2D eigenvalue weighted by Crippen LogP contribution is 2.25. The molecular formula is C10H7F5O2. The molecule has 0 atom stereocenters. The molecule has 0 aromatic heterocycles. The Labute approximate surface area is 93.0 Å². The molecule has 0 heterocycles. The summed E-state index contributed by atoms with van der Waals surface area (Å²) in [4.78, 5) is 10.2. The van der Waals surface area contributed by atoms with Crippen LogP contribution in [0.3, 0.4) is 0 Å². The normalized spacial score (nSPS) is 11.4. The van der Waals surface area contributed by atoms with Gasteiger partial charge in [0.1, 0.15) is 6.29 Å². The van der Waals surface area contributed by atoms with E-state index < -0.39 is 36.6 Å². The van der Waals surface area contributed by atoms with Crippen molar-refractivity contribution in [3.63, 3.8) is 0 Å². The number of rotatable bonds is 4. The first-order chi connectivity index (χ1) is 7.83. The topological polar surface area (TPSA) is 26.3 Å². The van der Waals surface area contributed by atoms with E-state index in [-0.39, 0.29) is 11.8 Å². The minimum atomic E-state index is -4.46. The molecule has 0 radical (unpaired) electrons. The first kappa shape index (κ1) is 13.4. The predicted molar refractivity (Wildman–Crippen MR) is 47.9 cm³/mol. The van der Waals surface area contributed by atoms with Gasteiger partial charge in [-0.05, 0) is 12.1 Å². The Morgan fingerprint density at radius 2 is 1.71 bits per heavy atom. The zero-order chi connectivity index (χ0) is 13.1. The van der Waals surface area contributed by atoms with E-state index in [2.05, 4.69) is 4.74 Å². The van der Waals surface area contributed by atoms with Gasteiger partial charge in [0.05, 0.1) is 13.0 Å². The molecule has 1 aromatic carbocycles. The molecule has 0 aliphatic rings. The van der Waals surface area contributed by atoms with Crippen molar-refractivity contribution in [3.8, 4) is 5.75 Å². The van der Waals surface area contributed by atoms with E-state index in [1.807, 2.05) is 0 Å². The number of benzene rings is 1. The first-order valence-electron chi connectivity index (χ1n) is 4.47. The van der Waals surface area contributed by atoms with Crippen LogP contribution >= 0.6 is 0 Å². The van der Waals surface area contributed by atoms with Crippen LogP contribution in [0.5, 0.6) is 5.75 Å². The lowest BCUT2D eigenvalue weighted by Crippen LogP contribution is -2.14. The fourth-order valence-electron chi connectivity index (χ4n) is 1.05. The molecule has 2 nitrogen and oxygen atoms in total. The summed E-state index contributed by atoms with van der Waals surface area (Å²) in [5.74, 6) is -3.34. The van der Waals surface area contributed by atoms with Crippen molar-refractivity contribution in [1.29, 1.82) is 0 Å². The zero-order valence-electron chi connectivity index (χ0n) is 8.35. The van der Waals surface area contributed by atoms with Crippen LogP contribution < -0.4 is 4.74 Å². The molecule has 0 bridgehead atoms. The van der Waals surface area contributed by atoms with Crippen LogP contribution in [-0.2, 0) is 0 Å². The van der Waals surface area contributed by atoms with Crippen molar-refractivity contribution >= 4 is 6.29 Å². The summed E-state index contributed by atoms with van der Waals surface area (Å²) in [6.07, 6.45) is -5.57. The highest BCUT2D eigenvalue weighted by molar-refractivity contribution is 5.75. The van der Waals surface area contributed by atoms with Crippen LogP contribution in [-0.4, -0.2) is 19.1 Å². The Morgan fingerprint density at radius 3 is 2.12 bits per heavy atom. The summed E-state index contributed by atoms with van der Waals surface area (Å²) in [5, 5.41) is 0. The van der Waals surface area contributed by atoms with Crippen LogP contribution in [0.2, 0.25) is 0 Å². The molecule has 17 heavy (non-hydrogen) atoms. The summed E-state index contributed by atoms with van der Waals surface area (Å²) in [6, 6.07) is 1.36. The Balaban J connectivity index is 2.75. The lowest BCUT2D eigenvalue weighted by Gasteiger charge is -2.10. The lowest BCUT2D eigenvalue weighted by atomic mass is 10.2. The van der Waals surface area contributed by atoms with Gasteiger partial charge in [-0.3, -0.25) is 4.79 Å². The predicted octanol–water partition coefficient (Wildman–Crippen LogP) is 3.11. The smallest absolute Gasteiger partial charge is 0.392 e. The average molecular weight is 254 g/mol. The van der Waals surface area contributed by atoms with E-state index in [0.29, 0.717) is 12.1 Å². The molecule has 7 heteroatoms. The summed E-state index contributed by atoms with van der Waals surface area (Å²) >= 11 is 0. The number of hydrogen-bond donors (Lipinski definition) is 0. The van der Waals surface area contributed by atoms with E-state index in [1.165, 1.54) is 0 Å². The molecule has 0 spiro atoms. The van der Waals surface area contributed by atoms with Gasteiger partial charge in [-0.1, -0.05) is 0 Å². The van der Waals surface area contributed by atoms with E-state index >= 15 is 0 Å². The number of alkyl halides is 3. The van der Waals surface area contributed by atoms with Crippen molar-refractivity contribution in [2.75, 3.05) is 6.61 Å². The second-order valence-corrected chi connectivity index (χ2v) is 3.15. The number of carbonyl (C=O) groups excluding carboxylic acids is 1. The highest BCUT2D eigenvalue weighted by Gasteiger charge is 2.27. The van der Waals surface area contributed by atoms with E-state index in [0.717, 1.165) is 0 Å². The number of hydrogen-bond acceptors (Lipinski definition) is 2. The monoisotopic (exact) mass is 254 g/mol. The Kier molecular flexibility index (Phi) is 4.03. The van der Waals surface area contributed by atoms with Crippen molar-refractivity contribution < 1.29 is 31.5 Å². The number of carbonyl (C=O) groups is 1. The molecule has 0 aliphatic heterocycles. The molecule has 0 aliphatic carbocycles. The minimum absolute atomic E-state index is 0.214. The Bertz CT molecular complexity index is 391. The molecule has 0 N–H and O–H groups in total. The zero-order valence-corrected chi connectivity index (χ0v) is 8.35. The van der Waals surface area contributed by atoms with Crippen LogP contribution in [0.15, 0.2) is 12.1 Å².